The summed E-state index contributed by atoms with van der Waals surface area (Å²) in [4.78, 5) is -0.0242. The number of aromatic nitrogens is 1. The van der Waals surface area contributed by atoms with Crippen LogP contribution in [0.3, 0.4) is 0 Å². The van der Waals surface area contributed by atoms with Gasteiger partial charge in [-0.1, -0.05) is 64.5 Å². The molecule has 10 heteroatoms. The van der Waals surface area contributed by atoms with Gasteiger partial charge in [0.05, 0.1) is 10.4 Å². The van der Waals surface area contributed by atoms with E-state index >= 15 is 0 Å². The highest BCUT2D eigenvalue weighted by atomic mass is 79.9. The molecule has 0 fully saturated rings. The minimum atomic E-state index is -4.26. The highest BCUT2D eigenvalue weighted by Crippen LogP contribution is 2.31. The fraction of sp³-hybridized carbons (Fsp3) is 0.0714. The first-order valence-electron chi connectivity index (χ1n) is 11.5. The number of nitrogens with one attached hydrogen (secondary N) is 1. The highest BCUT2D eigenvalue weighted by Gasteiger charge is 2.29. The van der Waals surface area contributed by atoms with Crippen LogP contribution in [0.5, 0.6) is 0 Å². The summed E-state index contributed by atoms with van der Waals surface area (Å²) in [6, 6.07) is 25.6. The summed E-state index contributed by atoms with van der Waals surface area (Å²) in [7, 11) is -8.48. The number of fused-ring (bicyclic) bond motifs is 1. The molecule has 0 radical (unpaired) electrons. The fourth-order valence-electron chi connectivity index (χ4n) is 4.31. The molecule has 0 amide bonds. The van der Waals surface area contributed by atoms with Crippen molar-refractivity contribution in [3.63, 3.8) is 0 Å². The van der Waals surface area contributed by atoms with Gasteiger partial charge in [0.1, 0.15) is 5.82 Å². The average molecular weight is 614 g/mol. The van der Waals surface area contributed by atoms with Crippen molar-refractivity contribution >= 4 is 46.9 Å². The van der Waals surface area contributed by atoms with Crippen molar-refractivity contribution < 1.29 is 21.2 Å². The quantitative estimate of drug-likeness (QED) is 0.236. The van der Waals surface area contributed by atoms with Crippen molar-refractivity contribution in [2.75, 3.05) is 0 Å². The van der Waals surface area contributed by atoms with E-state index in [0.717, 1.165) is 20.7 Å². The lowest BCUT2D eigenvalue weighted by atomic mass is 9.98. The maximum atomic E-state index is 13.6. The molecule has 38 heavy (non-hydrogen) atoms. The summed E-state index contributed by atoms with van der Waals surface area (Å²) in [5, 5.41) is 0.0767. The van der Waals surface area contributed by atoms with Gasteiger partial charge in [-0.3, -0.25) is 0 Å². The summed E-state index contributed by atoms with van der Waals surface area (Å²) >= 11 is 3.36. The maximum absolute atomic E-state index is 13.6. The van der Waals surface area contributed by atoms with Gasteiger partial charge in [0.15, 0.2) is 5.03 Å². The van der Waals surface area contributed by atoms with Crippen LogP contribution in [0.25, 0.3) is 22.0 Å². The molecule has 5 rings (SSSR count). The molecule has 0 saturated carbocycles. The monoisotopic (exact) mass is 612 g/mol. The number of rotatable bonds is 7. The van der Waals surface area contributed by atoms with Gasteiger partial charge in [0, 0.05) is 16.4 Å². The molecule has 1 aromatic heterocycles. The van der Waals surface area contributed by atoms with Crippen LogP contribution in [0.15, 0.2) is 111 Å². The number of sulfonamides is 1. The Kier molecular flexibility index (Phi) is 6.99. The molecule has 194 valence electrons. The molecule has 0 spiro atoms. The topological polar surface area (TPSA) is 85.2 Å². The summed E-state index contributed by atoms with van der Waals surface area (Å²) in [5.41, 5.74) is 3.57. The summed E-state index contributed by atoms with van der Waals surface area (Å²) in [6.45, 7) is 1.84. The van der Waals surface area contributed by atoms with Crippen LogP contribution in [0.1, 0.15) is 11.1 Å². The van der Waals surface area contributed by atoms with E-state index in [9.17, 15) is 21.2 Å². The molecule has 0 unspecified atom stereocenters. The van der Waals surface area contributed by atoms with Crippen LogP contribution >= 0.6 is 15.9 Å². The lowest BCUT2D eigenvalue weighted by Crippen LogP contribution is -2.28. The van der Waals surface area contributed by atoms with Gasteiger partial charge in [0.2, 0.25) is 0 Å². The first kappa shape index (κ1) is 26.3. The zero-order valence-electron chi connectivity index (χ0n) is 20.1. The second-order valence-corrected chi connectivity index (χ2v) is 13.2. The Balaban J connectivity index is 1.51. The Morgan fingerprint density at radius 3 is 2.24 bits per heavy atom. The van der Waals surface area contributed by atoms with Gasteiger partial charge in [-0.15, -0.1) is 0 Å². The van der Waals surface area contributed by atoms with Crippen LogP contribution in [0.4, 0.5) is 4.39 Å². The van der Waals surface area contributed by atoms with E-state index in [4.69, 9.17) is 0 Å². The summed E-state index contributed by atoms with van der Waals surface area (Å²) < 4.78 is 71.7. The standard InChI is InChI=1S/C28H22BrFN2O4S2/c1-19-15-20(7-13-26(19)21-8-11-24(30)12-9-21)18-31-37(33,34)28-17-22-16-23(29)10-14-27(22)32(28)38(35,36)25-5-3-2-4-6-25/h2-17,31H,18H2,1H3. The lowest BCUT2D eigenvalue weighted by Gasteiger charge is -2.14. The third-order valence-electron chi connectivity index (χ3n) is 6.16. The molecule has 0 bridgehead atoms. The van der Waals surface area contributed by atoms with E-state index in [-0.39, 0.29) is 27.8 Å². The van der Waals surface area contributed by atoms with Crippen molar-refractivity contribution in [3.8, 4) is 11.1 Å². The Morgan fingerprint density at radius 2 is 1.55 bits per heavy atom. The number of halogens is 2. The molecule has 1 heterocycles. The zero-order valence-corrected chi connectivity index (χ0v) is 23.3. The number of nitrogens with zero attached hydrogens (tertiary/aromatic N) is 1. The van der Waals surface area contributed by atoms with Gasteiger partial charge in [-0.25, -0.2) is 29.9 Å². The molecule has 0 aliphatic carbocycles. The Bertz CT molecular complexity index is 1870. The zero-order chi connectivity index (χ0) is 27.1. The van der Waals surface area contributed by atoms with Gasteiger partial charge in [0.25, 0.3) is 20.0 Å². The van der Waals surface area contributed by atoms with Gasteiger partial charge < -0.3 is 0 Å². The Labute approximate surface area is 229 Å². The van der Waals surface area contributed by atoms with Gasteiger partial charge >= 0.3 is 0 Å². The molecule has 5 aromatic rings. The van der Waals surface area contributed by atoms with Crippen molar-refractivity contribution in [3.05, 3.63) is 118 Å². The summed E-state index contributed by atoms with van der Waals surface area (Å²) in [5.74, 6) is -0.323. The van der Waals surface area contributed by atoms with E-state index in [1.54, 1.807) is 54.6 Å². The second kappa shape index (κ2) is 10.1. The predicted octanol–water partition coefficient (Wildman–Crippen LogP) is 6.23. The number of benzene rings is 4. The smallest absolute Gasteiger partial charge is 0.221 e. The van der Waals surface area contributed by atoms with Crippen molar-refractivity contribution in [1.29, 1.82) is 0 Å². The number of hydrogen-bond donors (Lipinski definition) is 1. The lowest BCUT2D eigenvalue weighted by molar-refractivity contribution is 0.565. The molecule has 0 aliphatic rings. The molecular formula is C28H22BrFN2O4S2. The maximum Gasteiger partial charge on any atom is 0.269 e. The predicted molar refractivity (Wildman–Crippen MR) is 149 cm³/mol. The minimum absolute atomic E-state index is 0.0242. The van der Waals surface area contributed by atoms with E-state index < -0.39 is 20.0 Å². The highest BCUT2D eigenvalue weighted by molar-refractivity contribution is 9.10. The first-order valence-corrected chi connectivity index (χ1v) is 15.2. The van der Waals surface area contributed by atoms with E-state index in [1.807, 2.05) is 19.1 Å². The summed E-state index contributed by atoms with van der Waals surface area (Å²) in [6.07, 6.45) is 0. The largest absolute Gasteiger partial charge is 0.269 e. The SMILES string of the molecule is Cc1cc(CNS(=O)(=O)c2cc3cc(Br)ccc3n2S(=O)(=O)c2ccccc2)ccc1-c1ccc(F)cc1. The van der Waals surface area contributed by atoms with Gasteiger partial charge in [-0.05, 0) is 77.7 Å². The van der Waals surface area contributed by atoms with E-state index in [1.165, 1.54) is 30.3 Å². The molecule has 4 aromatic carbocycles. The molecule has 6 nitrogen and oxygen atoms in total. The van der Waals surface area contributed by atoms with Crippen LogP contribution in [-0.2, 0) is 26.6 Å². The van der Waals surface area contributed by atoms with Crippen LogP contribution in [-0.4, -0.2) is 20.8 Å². The Hall–Kier alpha value is -3.31. The van der Waals surface area contributed by atoms with Crippen LogP contribution in [0, 0.1) is 12.7 Å². The molecule has 0 atom stereocenters. The Morgan fingerprint density at radius 1 is 0.842 bits per heavy atom. The van der Waals surface area contributed by atoms with Crippen molar-refractivity contribution in [1.82, 2.24) is 8.69 Å². The average Bonchev–Trinajstić information content (AvgIpc) is 3.29. The fourth-order valence-corrected chi connectivity index (χ4v) is 7.81. The van der Waals surface area contributed by atoms with Crippen molar-refractivity contribution in [2.45, 2.75) is 23.4 Å². The molecular weight excluding hydrogens is 591 g/mol. The van der Waals surface area contributed by atoms with Crippen LogP contribution in [0.2, 0.25) is 0 Å². The number of aryl methyl sites for hydroxylation is 1. The number of hydrogen-bond acceptors (Lipinski definition) is 4. The molecule has 0 aliphatic heterocycles. The first-order chi connectivity index (χ1) is 18.1. The van der Waals surface area contributed by atoms with Gasteiger partial charge in [-0.2, -0.15) is 0 Å². The second-order valence-electron chi connectivity index (χ2n) is 8.75. The normalized spacial score (nSPS) is 12.2. The molecule has 1 N–H and O–H groups in total. The van der Waals surface area contributed by atoms with E-state index in [0.29, 0.717) is 15.4 Å². The third-order valence-corrected chi connectivity index (χ3v) is 9.88. The third kappa shape index (κ3) is 5.04. The molecule has 0 saturated heterocycles. The van der Waals surface area contributed by atoms with Crippen molar-refractivity contribution in [2.24, 2.45) is 0 Å². The van der Waals surface area contributed by atoms with E-state index in [2.05, 4.69) is 20.7 Å². The minimum Gasteiger partial charge on any atom is -0.221 e. The van der Waals surface area contributed by atoms with Crippen LogP contribution < -0.4 is 4.72 Å².